The van der Waals surface area contributed by atoms with E-state index in [-0.39, 0.29) is 17.4 Å². The molecule has 0 unspecified atom stereocenters. The van der Waals surface area contributed by atoms with Gasteiger partial charge in [-0.2, -0.15) is 0 Å². The Bertz CT molecular complexity index is 1290. The zero-order valence-corrected chi connectivity index (χ0v) is 23.9. The van der Waals surface area contributed by atoms with Crippen LogP contribution in [-0.4, -0.2) is 120 Å². The molecule has 2 aromatic heterocycles. The van der Waals surface area contributed by atoms with E-state index < -0.39 is 85.3 Å². The van der Waals surface area contributed by atoms with Crippen LogP contribution >= 0.6 is 11.6 Å². The number of piperidine rings is 1. The number of aliphatic carboxylic acids is 1. The number of primary amides is 1. The van der Waals surface area contributed by atoms with Crippen LogP contribution < -0.4 is 27.0 Å². The van der Waals surface area contributed by atoms with Crippen molar-refractivity contribution in [1.29, 1.82) is 0 Å². The first-order valence-corrected chi connectivity index (χ1v) is 13.7. The van der Waals surface area contributed by atoms with Crippen molar-refractivity contribution in [3.63, 3.8) is 0 Å². The van der Waals surface area contributed by atoms with Crippen molar-refractivity contribution in [2.24, 2.45) is 5.73 Å². The molecular formula is C24H34ClN9O10. The summed E-state index contributed by atoms with van der Waals surface area (Å²) in [4.78, 5) is 75.5. The molecule has 1 saturated heterocycles. The molecule has 0 radical (unpaired) electrons. The number of carbonyl (C=O) groups is 5. The second-order valence-electron chi connectivity index (χ2n) is 9.96. The van der Waals surface area contributed by atoms with Crippen molar-refractivity contribution in [3.8, 4) is 0 Å². The van der Waals surface area contributed by atoms with Gasteiger partial charge >= 0.3 is 12.1 Å². The van der Waals surface area contributed by atoms with E-state index in [0.29, 0.717) is 25.1 Å². The highest BCUT2D eigenvalue weighted by Gasteiger charge is 2.36. The number of aliphatic hydroxyl groups excluding tert-OH is 3. The van der Waals surface area contributed by atoms with Crippen LogP contribution in [-0.2, 0) is 30.3 Å². The molecule has 4 amide bonds. The smallest absolute Gasteiger partial charge is 0.404 e. The number of carbonyl (C=O) groups excluding carboxylic acids is 4. The normalized spacial score (nSPS) is 19.9. The van der Waals surface area contributed by atoms with Crippen LogP contribution in [0.1, 0.15) is 36.8 Å². The Hall–Kier alpha value is -4.30. The lowest BCUT2D eigenvalue weighted by Crippen LogP contribution is -2.61. The van der Waals surface area contributed by atoms with E-state index in [1.807, 2.05) is 0 Å². The summed E-state index contributed by atoms with van der Waals surface area (Å²) in [5.41, 5.74) is 5.17. The summed E-state index contributed by atoms with van der Waals surface area (Å²) < 4.78 is 4.56. The van der Waals surface area contributed by atoms with Crippen LogP contribution in [0.3, 0.4) is 0 Å². The van der Waals surface area contributed by atoms with Crippen LogP contribution in [0.5, 0.6) is 0 Å². The van der Waals surface area contributed by atoms with E-state index >= 15 is 0 Å². The zero-order chi connectivity index (χ0) is 32.4. The average Bonchev–Trinajstić information content (AvgIpc) is 3.65. The monoisotopic (exact) mass is 643 g/mol. The van der Waals surface area contributed by atoms with Crippen molar-refractivity contribution in [1.82, 2.24) is 41.2 Å². The van der Waals surface area contributed by atoms with E-state index in [9.17, 15) is 44.4 Å². The topological polar surface area (TPSA) is 307 Å². The molecule has 20 heteroatoms. The number of nitrogens with one attached hydrogen (secondary N) is 6. The summed E-state index contributed by atoms with van der Waals surface area (Å²) in [5.74, 6) is -4.43. The van der Waals surface area contributed by atoms with Gasteiger partial charge in [-0.15, -0.1) is 0 Å². The van der Waals surface area contributed by atoms with Crippen molar-refractivity contribution in [3.05, 3.63) is 35.4 Å². The Balaban J connectivity index is 1.82. The quantitative estimate of drug-likeness (QED) is 0.0901. The Morgan fingerprint density at radius 3 is 2.43 bits per heavy atom. The van der Waals surface area contributed by atoms with E-state index in [4.69, 9.17) is 17.3 Å². The van der Waals surface area contributed by atoms with Gasteiger partial charge in [-0.1, -0.05) is 0 Å². The van der Waals surface area contributed by atoms with Gasteiger partial charge in [0.15, 0.2) is 11.3 Å². The third-order valence-corrected chi connectivity index (χ3v) is 6.83. The molecule has 2 aromatic rings. The molecular weight excluding hydrogens is 610 g/mol. The summed E-state index contributed by atoms with van der Waals surface area (Å²) in [6.07, 6.45) is -1.63. The number of hydrogen-bond acceptors (Lipinski definition) is 12. The number of carboxylic acid groups (broad SMARTS) is 1. The minimum atomic E-state index is -1.91. The van der Waals surface area contributed by atoms with Crippen LogP contribution in [0, 0.1) is 0 Å². The predicted molar refractivity (Wildman–Crippen MR) is 147 cm³/mol. The number of rotatable bonds is 15. The highest BCUT2D eigenvalue weighted by Crippen LogP contribution is 2.17. The second kappa shape index (κ2) is 16.0. The maximum absolute atomic E-state index is 13.5. The standard InChI is InChI=1S/C24H34ClN9O10/c25-23-29-7-14(33-23)18(37)17(22(41)42)34-20(39)12(4-10-6-27-9-30-10)31-19(38)13(5-11(35)8-44-24(26)43)32-21(40)16-15(36)2-1-3-28-16/h6-7,9,11-13,15-18,28,35-37H,1-5,8H2,(H2,26,43)(H,27,30)(H,29,33)(H,31,38)(H,32,40)(H,34,39)(H,41,42)/t11-,12-,13-,15+,16-,17-,18+/m0/s1. The van der Waals surface area contributed by atoms with Crippen LogP contribution in [0.15, 0.2) is 18.7 Å². The summed E-state index contributed by atoms with van der Waals surface area (Å²) in [5, 5.41) is 50.6. The molecule has 1 fully saturated rings. The molecule has 3 heterocycles. The molecule has 1 aliphatic rings. The number of halogens is 1. The molecule has 0 spiro atoms. The maximum Gasteiger partial charge on any atom is 0.404 e. The van der Waals surface area contributed by atoms with Gasteiger partial charge in [0, 0.05) is 24.7 Å². The third-order valence-electron chi connectivity index (χ3n) is 6.64. The van der Waals surface area contributed by atoms with Crippen LogP contribution in [0.2, 0.25) is 5.28 Å². The van der Waals surface area contributed by atoms with Gasteiger partial charge in [0.25, 0.3) is 0 Å². The Kier molecular flexibility index (Phi) is 12.4. The number of nitrogens with two attached hydrogens (primary N) is 1. The Morgan fingerprint density at radius 2 is 1.84 bits per heavy atom. The van der Waals surface area contributed by atoms with Gasteiger partial charge in [-0.25, -0.2) is 19.6 Å². The summed E-state index contributed by atoms with van der Waals surface area (Å²) in [6, 6.07) is -6.02. The largest absolute Gasteiger partial charge is 0.480 e. The molecule has 1 aliphatic heterocycles. The first-order chi connectivity index (χ1) is 20.8. The zero-order valence-electron chi connectivity index (χ0n) is 23.1. The number of aromatic amines is 2. The average molecular weight is 644 g/mol. The molecule has 0 saturated carbocycles. The lowest BCUT2D eigenvalue weighted by atomic mass is 9.99. The van der Waals surface area contributed by atoms with Gasteiger partial charge in [-0.05, 0) is 31.0 Å². The number of carboxylic acids is 1. The number of aromatic nitrogens is 4. The van der Waals surface area contributed by atoms with Crippen molar-refractivity contribution < 1.29 is 49.1 Å². The molecule has 242 valence electrons. The van der Waals surface area contributed by atoms with Gasteiger partial charge in [0.05, 0.1) is 30.4 Å². The summed E-state index contributed by atoms with van der Waals surface area (Å²) in [7, 11) is 0. The van der Waals surface area contributed by atoms with E-state index in [2.05, 4.69) is 45.9 Å². The van der Waals surface area contributed by atoms with Gasteiger partial charge in [0.2, 0.25) is 17.7 Å². The number of amides is 4. The summed E-state index contributed by atoms with van der Waals surface area (Å²) >= 11 is 5.71. The molecule has 19 nitrogen and oxygen atoms in total. The highest BCUT2D eigenvalue weighted by molar-refractivity contribution is 6.28. The van der Waals surface area contributed by atoms with Crippen molar-refractivity contribution in [2.45, 2.75) is 68.2 Å². The molecule has 44 heavy (non-hydrogen) atoms. The first kappa shape index (κ1) is 34.2. The van der Waals surface area contributed by atoms with Crippen molar-refractivity contribution >= 4 is 41.4 Å². The number of aliphatic hydroxyl groups is 3. The lowest BCUT2D eigenvalue weighted by Gasteiger charge is -2.30. The van der Waals surface area contributed by atoms with Gasteiger partial charge < -0.3 is 62.1 Å². The number of nitrogens with zero attached hydrogens (tertiary/aromatic N) is 2. The third kappa shape index (κ3) is 9.88. The fourth-order valence-electron chi connectivity index (χ4n) is 4.42. The predicted octanol–water partition coefficient (Wildman–Crippen LogP) is -3.44. The maximum atomic E-state index is 13.5. The highest BCUT2D eigenvalue weighted by atomic mass is 35.5. The molecule has 7 atom stereocenters. The Labute approximate surface area is 254 Å². The fraction of sp³-hybridized carbons (Fsp3) is 0.542. The lowest BCUT2D eigenvalue weighted by molar-refractivity contribution is -0.146. The number of ether oxygens (including phenoxy) is 1. The van der Waals surface area contributed by atoms with Crippen LogP contribution in [0.4, 0.5) is 4.79 Å². The molecule has 3 rings (SSSR count). The molecule has 0 bridgehead atoms. The molecule has 0 aliphatic carbocycles. The fourth-order valence-corrected chi connectivity index (χ4v) is 4.58. The van der Waals surface area contributed by atoms with E-state index in [1.165, 1.54) is 12.5 Å². The SMILES string of the molecule is NC(=O)OC[C@@H](O)C[C@H](NC(=O)[C@H]1NCCC[C@H]1O)C(=O)N[C@@H](Cc1cnc[nH]1)C(=O)N[C@H](C(=O)O)[C@H](O)c1cnc(Cl)[nH]1. The summed E-state index contributed by atoms with van der Waals surface area (Å²) in [6.45, 7) is -0.192. The number of hydrogen-bond donors (Lipinski definition) is 11. The molecule has 12 N–H and O–H groups in total. The molecule has 0 aromatic carbocycles. The number of imidazole rings is 2. The van der Waals surface area contributed by atoms with Gasteiger partial charge in [0.1, 0.15) is 30.8 Å². The number of H-pyrrole nitrogens is 2. The minimum Gasteiger partial charge on any atom is -0.480 e. The van der Waals surface area contributed by atoms with E-state index in [0.717, 1.165) is 6.20 Å². The minimum absolute atomic E-state index is 0.106. The van der Waals surface area contributed by atoms with Gasteiger partial charge in [-0.3, -0.25) is 14.4 Å². The second-order valence-corrected chi connectivity index (χ2v) is 10.3. The van der Waals surface area contributed by atoms with E-state index in [1.54, 1.807) is 0 Å². The van der Waals surface area contributed by atoms with Crippen LogP contribution in [0.25, 0.3) is 0 Å². The van der Waals surface area contributed by atoms with Crippen molar-refractivity contribution in [2.75, 3.05) is 13.2 Å². The Morgan fingerprint density at radius 1 is 1.11 bits per heavy atom. The first-order valence-electron chi connectivity index (χ1n) is 13.4.